The van der Waals surface area contributed by atoms with Gasteiger partial charge in [-0.3, -0.25) is 0 Å². The lowest BCUT2D eigenvalue weighted by atomic mass is 10.1. The summed E-state index contributed by atoms with van der Waals surface area (Å²) in [6.45, 7) is 6.23. The van der Waals surface area contributed by atoms with Crippen LogP contribution >= 0.6 is 0 Å². The molecule has 1 aromatic heterocycles. The van der Waals surface area contributed by atoms with Gasteiger partial charge in [0.1, 0.15) is 18.0 Å². The van der Waals surface area contributed by atoms with Gasteiger partial charge in [-0.15, -0.1) is 0 Å². The molecule has 8 heteroatoms. The molecule has 25 heavy (non-hydrogen) atoms. The van der Waals surface area contributed by atoms with Crippen molar-refractivity contribution < 1.29 is 8.42 Å². The van der Waals surface area contributed by atoms with E-state index in [-0.39, 0.29) is 6.04 Å². The minimum Gasteiger partial charge on any atom is -0.356 e. The van der Waals surface area contributed by atoms with Gasteiger partial charge in [0.05, 0.1) is 6.26 Å². The molecule has 0 radical (unpaired) electrons. The first-order valence-electron chi connectivity index (χ1n) is 9.28. The molecule has 0 spiro atoms. The third-order valence-corrected chi connectivity index (χ3v) is 6.66. The van der Waals surface area contributed by atoms with E-state index in [9.17, 15) is 8.42 Å². The zero-order valence-corrected chi connectivity index (χ0v) is 16.1. The van der Waals surface area contributed by atoms with Crippen LogP contribution in [0, 0.1) is 0 Å². The number of rotatable bonds is 5. The van der Waals surface area contributed by atoms with Gasteiger partial charge in [-0.1, -0.05) is 6.92 Å². The highest BCUT2D eigenvalue weighted by atomic mass is 32.2. The van der Waals surface area contributed by atoms with Gasteiger partial charge in [-0.25, -0.2) is 18.4 Å². The molecule has 0 atom stereocenters. The molecule has 0 bridgehead atoms. The second-order valence-corrected chi connectivity index (χ2v) is 8.90. The van der Waals surface area contributed by atoms with Crippen molar-refractivity contribution in [3.8, 4) is 0 Å². The normalized spacial score (nSPS) is 20.3. The Bertz CT molecular complexity index is 667. The van der Waals surface area contributed by atoms with Crippen molar-refractivity contribution >= 4 is 21.7 Å². The topological polar surface area (TPSA) is 69.6 Å². The van der Waals surface area contributed by atoms with Crippen LogP contribution in [0.2, 0.25) is 0 Å². The highest BCUT2D eigenvalue weighted by molar-refractivity contribution is 7.88. The van der Waals surface area contributed by atoms with Crippen LogP contribution in [0.5, 0.6) is 0 Å². The maximum Gasteiger partial charge on any atom is 0.211 e. The van der Waals surface area contributed by atoms with E-state index >= 15 is 0 Å². The fourth-order valence-electron chi connectivity index (χ4n) is 3.95. The van der Waals surface area contributed by atoms with Crippen molar-refractivity contribution in [1.29, 1.82) is 0 Å². The van der Waals surface area contributed by atoms with Crippen molar-refractivity contribution in [2.24, 2.45) is 0 Å². The summed E-state index contributed by atoms with van der Waals surface area (Å²) in [5, 5.41) is 0. The summed E-state index contributed by atoms with van der Waals surface area (Å²) in [5.41, 5.74) is 0. The molecule has 2 fully saturated rings. The van der Waals surface area contributed by atoms with Gasteiger partial charge in [-0.2, -0.15) is 4.31 Å². The van der Waals surface area contributed by atoms with Crippen molar-refractivity contribution in [3.05, 3.63) is 12.4 Å². The monoisotopic (exact) mass is 367 g/mol. The summed E-state index contributed by atoms with van der Waals surface area (Å²) in [5.74, 6) is 1.97. The SMILES string of the molecule is CCN(C1CCN(c2cc(N3CCCCC3)ncn2)CC1)S(C)(=O)=O. The van der Waals surface area contributed by atoms with Crippen molar-refractivity contribution in [2.75, 3.05) is 48.8 Å². The van der Waals surface area contributed by atoms with Gasteiger partial charge in [0.15, 0.2) is 0 Å². The predicted molar refractivity (Wildman–Crippen MR) is 101 cm³/mol. The Balaban J connectivity index is 1.65. The van der Waals surface area contributed by atoms with Gasteiger partial charge in [0, 0.05) is 44.8 Å². The highest BCUT2D eigenvalue weighted by Crippen LogP contribution is 2.25. The molecule has 2 aliphatic heterocycles. The molecule has 0 unspecified atom stereocenters. The summed E-state index contributed by atoms with van der Waals surface area (Å²) in [7, 11) is -3.14. The molecule has 3 heterocycles. The van der Waals surface area contributed by atoms with Crippen LogP contribution in [0.15, 0.2) is 12.4 Å². The van der Waals surface area contributed by atoms with E-state index < -0.39 is 10.0 Å². The standard InChI is InChI=1S/C17H29N5O2S/c1-3-22(25(2,23)24)15-7-11-21(12-8-15)17-13-16(18-14-19-17)20-9-5-4-6-10-20/h13-15H,3-12H2,1-2H3. The Morgan fingerprint density at radius 3 is 2.12 bits per heavy atom. The zero-order chi connectivity index (χ0) is 17.9. The third kappa shape index (κ3) is 4.41. The highest BCUT2D eigenvalue weighted by Gasteiger charge is 2.29. The Morgan fingerprint density at radius 1 is 1.04 bits per heavy atom. The van der Waals surface area contributed by atoms with Crippen molar-refractivity contribution in [1.82, 2.24) is 14.3 Å². The average Bonchev–Trinajstić information content (AvgIpc) is 2.63. The lowest BCUT2D eigenvalue weighted by Crippen LogP contribution is -2.47. The Kier molecular flexibility index (Phi) is 5.78. The number of sulfonamides is 1. The minimum atomic E-state index is -3.14. The fourth-order valence-corrected chi connectivity index (χ4v) is 5.17. The van der Waals surface area contributed by atoms with Crippen LogP contribution in [-0.4, -0.2) is 67.7 Å². The van der Waals surface area contributed by atoms with Gasteiger partial charge < -0.3 is 9.80 Å². The van der Waals surface area contributed by atoms with E-state index in [1.54, 1.807) is 10.6 Å². The van der Waals surface area contributed by atoms with Crippen LogP contribution < -0.4 is 9.80 Å². The third-order valence-electron chi connectivity index (χ3n) is 5.25. The summed E-state index contributed by atoms with van der Waals surface area (Å²) < 4.78 is 25.5. The van der Waals surface area contributed by atoms with Gasteiger partial charge in [0.25, 0.3) is 0 Å². The van der Waals surface area contributed by atoms with Crippen LogP contribution in [-0.2, 0) is 10.0 Å². The number of nitrogens with zero attached hydrogens (tertiary/aromatic N) is 5. The second-order valence-electron chi connectivity index (χ2n) is 6.97. The molecule has 0 N–H and O–H groups in total. The first-order chi connectivity index (χ1) is 12.0. The average molecular weight is 368 g/mol. The molecular weight excluding hydrogens is 338 g/mol. The maximum atomic E-state index is 11.9. The van der Waals surface area contributed by atoms with E-state index in [1.807, 2.05) is 6.92 Å². The number of piperidine rings is 2. The van der Waals surface area contributed by atoms with E-state index in [4.69, 9.17) is 0 Å². The van der Waals surface area contributed by atoms with Crippen LogP contribution in [0.3, 0.4) is 0 Å². The maximum absolute atomic E-state index is 11.9. The molecule has 0 aliphatic carbocycles. The predicted octanol–water partition coefficient (Wildman–Crippen LogP) is 1.72. The number of hydrogen-bond donors (Lipinski definition) is 0. The number of anilines is 2. The molecule has 3 rings (SSSR count). The Labute approximate surface area is 151 Å². The molecule has 0 amide bonds. The fraction of sp³-hybridized carbons (Fsp3) is 0.765. The van der Waals surface area contributed by atoms with Crippen molar-refractivity contribution in [3.63, 3.8) is 0 Å². The molecular formula is C17H29N5O2S. The van der Waals surface area contributed by atoms with Crippen LogP contribution in [0.4, 0.5) is 11.6 Å². The second kappa shape index (κ2) is 7.86. The number of hydrogen-bond acceptors (Lipinski definition) is 6. The largest absolute Gasteiger partial charge is 0.356 e. The van der Waals surface area contributed by atoms with Crippen LogP contribution in [0.1, 0.15) is 39.0 Å². The van der Waals surface area contributed by atoms with E-state index in [1.165, 1.54) is 25.5 Å². The quantitative estimate of drug-likeness (QED) is 0.789. The first kappa shape index (κ1) is 18.4. The van der Waals surface area contributed by atoms with Gasteiger partial charge >= 0.3 is 0 Å². The molecule has 2 saturated heterocycles. The molecule has 140 valence electrons. The van der Waals surface area contributed by atoms with Crippen molar-refractivity contribution in [2.45, 2.75) is 45.1 Å². The van der Waals surface area contributed by atoms with Gasteiger partial charge in [0.2, 0.25) is 10.0 Å². The summed E-state index contributed by atoms with van der Waals surface area (Å²) >= 11 is 0. The molecule has 7 nitrogen and oxygen atoms in total. The zero-order valence-electron chi connectivity index (χ0n) is 15.3. The summed E-state index contributed by atoms with van der Waals surface area (Å²) in [6.07, 6.45) is 8.38. The smallest absolute Gasteiger partial charge is 0.211 e. The molecule has 1 aromatic rings. The van der Waals surface area contributed by atoms with Crippen LogP contribution in [0.25, 0.3) is 0 Å². The Morgan fingerprint density at radius 2 is 1.60 bits per heavy atom. The summed E-state index contributed by atoms with van der Waals surface area (Å²) in [6, 6.07) is 2.18. The lowest BCUT2D eigenvalue weighted by molar-refractivity contribution is 0.285. The van der Waals surface area contributed by atoms with E-state index in [0.717, 1.165) is 50.7 Å². The molecule has 2 aliphatic rings. The minimum absolute atomic E-state index is 0.0969. The van der Waals surface area contributed by atoms with Gasteiger partial charge in [-0.05, 0) is 32.1 Å². The molecule has 0 saturated carbocycles. The van der Waals surface area contributed by atoms with E-state index in [0.29, 0.717) is 6.54 Å². The lowest BCUT2D eigenvalue weighted by Gasteiger charge is -2.37. The van der Waals surface area contributed by atoms with E-state index in [2.05, 4.69) is 25.8 Å². The first-order valence-corrected chi connectivity index (χ1v) is 11.1. The molecule has 0 aromatic carbocycles. The number of aromatic nitrogens is 2. The summed E-state index contributed by atoms with van der Waals surface area (Å²) in [4.78, 5) is 13.5. The Hall–Kier alpha value is -1.41.